The smallest absolute Gasteiger partial charge is 0.303 e. The lowest BCUT2D eigenvalue weighted by atomic mass is 9.78. The first kappa shape index (κ1) is 18.5. The zero-order valence-corrected chi connectivity index (χ0v) is 14.4. The van der Waals surface area contributed by atoms with Crippen LogP contribution in [-0.4, -0.2) is 23.5 Å². The quantitative estimate of drug-likeness (QED) is 0.669. The number of carboxylic acid groups (broad SMARTS) is 1. The van der Waals surface area contributed by atoms with Crippen LogP contribution < -0.4 is 5.32 Å². The van der Waals surface area contributed by atoms with E-state index in [9.17, 15) is 9.59 Å². The number of carboxylic acids is 1. The van der Waals surface area contributed by atoms with Crippen LogP contribution >= 0.6 is 0 Å². The molecule has 0 spiro atoms. The standard InChI is InChI=1S/C20H29NO3/c22-19(23)10-6-1-2-7-15-21-20(24)18-13-11-17(12-14-18)16-8-4-3-5-9-16/h3-5,8-9,17-18H,1-2,6-7,10-15H2,(H,21,24)(H,22,23). The fourth-order valence-corrected chi connectivity index (χ4v) is 3.52. The van der Waals surface area contributed by atoms with Crippen LogP contribution in [0.4, 0.5) is 0 Å². The molecule has 2 rings (SSSR count). The van der Waals surface area contributed by atoms with Gasteiger partial charge in [-0.3, -0.25) is 9.59 Å². The van der Waals surface area contributed by atoms with Crippen LogP contribution in [0.15, 0.2) is 30.3 Å². The Morgan fingerprint density at radius 3 is 2.29 bits per heavy atom. The van der Waals surface area contributed by atoms with Crippen LogP contribution in [0.3, 0.4) is 0 Å². The van der Waals surface area contributed by atoms with Crippen LogP contribution in [0, 0.1) is 5.92 Å². The zero-order chi connectivity index (χ0) is 17.2. The summed E-state index contributed by atoms with van der Waals surface area (Å²) in [5.74, 6) is 0.239. The molecule has 1 aromatic rings. The number of carbonyl (C=O) groups is 2. The van der Waals surface area contributed by atoms with E-state index in [4.69, 9.17) is 5.11 Å². The van der Waals surface area contributed by atoms with E-state index < -0.39 is 5.97 Å². The number of aliphatic carboxylic acids is 1. The van der Waals surface area contributed by atoms with Gasteiger partial charge in [0.25, 0.3) is 0 Å². The highest BCUT2D eigenvalue weighted by molar-refractivity contribution is 5.78. The first-order valence-corrected chi connectivity index (χ1v) is 9.21. The van der Waals surface area contributed by atoms with E-state index in [1.165, 1.54) is 5.56 Å². The van der Waals surface area contributed by atoms with E-state index in [-0.39, 0.29) is 18.2 Å². The van der Waals surface area contributed by atoms with Gasteiger partial charge in [0.15, 0.2) is 0 Å². The maximum Gasteiger partial charge on any atom is 0.303 e. The molecule has 0 aliphatic heterocycles. The van der Waals surface area contributed by atoms with E-state index in [1.807, 2.05) is 6.07 Å². The number of unbranched alkanes of at least 4 members (excludes halogenated alkanes) is 3. The molecule has 0 unspecified atom stereocenters. The summed E-state index contributed by atoms with van der Waals surface area (Å²) in [5.41, 5.74) is 1.40. The van der Waals surface area contributed by atoms with Crippen molar-refractivity contribution in [2.24, 2.45) is 5.92 Å². The van der Waals surface area contributed by atoms with Gasteiger partial charge < -0.3 is 10.4 Å². The lowest BCUT2D eigenvalue weighted by molar-refractivity contribution is -0.137. The Bertz CT molecular complexity index is 507. The third-order valence-corrected chi connectivity index (χ3v) is 4.99. The van der Waals surface area contributed by atoms with Crippen molar-refractivity contribution < 1.29 is 14.7 Å². The van der Waals surface area contributed by atoms with E-state index in [1.54, 1.807) is 0 Å². The van der Waals surface area contributed by atoms with Crippen LogP contribution in [-0.2, 0) is 9.59 Å². The maximum atomic E-state index is 12.2. The topological polar surface area (TPSA) is 66.4 Å². The highest BCUT2D eigenvalue weighted by atomic mass is 16.4. The molecule has 132 valence electrons. The normalized spacial score (nSPS) is 20.5. The lowest BCUT2D eigenvalue weighted by Gasteiger charge is -2.28. The van der Waals surface area contributed by atoms with Gasteiger partial charge >= 0.3 is 5.97 Å². The summed E-state index contributed by atoms with van der Waals surface area (Å²) in [4.78, 5) is 22.6. The van der Waals surface area contributed by atoms with Crippen molar-refractivity contribution in [2.45, 2.75) is 63.7 Å². The highest BCUT2D eigenvalue weighted by Crippen LogP contribution is 2.35. The number of hydrogen-bond acceptors (Lipinski definition) is 2. The van der Waals surface area contributed by atoms with Crippen LogP contribution in [0.5, 0.6) is 0 Å². The minimum Gasteiger partial charge on any atom is -0.481 e. The predicted molar refractivity (Wildman–Crippen MR) is 94.9 cm³/mol. The summed E-state index contributed by atoms with van der Waals surface area (Å²) in [7, 11) is 0. The Balaban J connectivity index is 1.57. The van der Waals surface area contributed by atoms with Crippen molar-refractivity contribution in [3.05, 3.63) is 35.9 Å². The van der Waals surface area contributed by atoms with E-state index in [2.05, 4.69) is 29.6 Å². The second-order valence-corrected chi connectivity index (χ2v) is 6.81. The molecule has 1 aromatic carbocycles. The van der Waals surface area contributed by atoms with E-state index >= 15 is 0 Å². The lowest BCUT2D eigenvalue weighted by Crippen LogP contribution is -2.33. The molecule has 1 amide bonds. The predicted octanol–water partition coefficient (Wildman–Crippen LogP) is 4.11. The first-order valence-electron chi connectivity index (χ1n) is 9.21. The molecular weight excluding hydrogens is 302 g/mol. The largest absolute Gasteiger partial charge is 0.481 e. The summed E-state index contributed by atoms with van der Waals surface area (Å²) in [6.07, 6.45) is 7.95. The minimum absolute atomic E-state index is 0.164. The van der Waals surface area contributed by atoms with Gasteiger partial charge in [-0.25, -0.2) is 0 Å². The fourth-order valence-electron chi connectivity index (χ4n) is 3.52. The molecule has 0 radical (unpaired) electrons. The maximum absolute atomic E-state index is 12.2. The van der Waals surface area contributed by atoms with Crippen molar-refractivity contribution in [3.8, 4) is 0 Å². The number of benzene rings is 1. The summed E-state index contributed by atoms with van der Waals surface area (Å²) < 4.78 is 0. The zero-order valence-electron chi connectivity index (χ0n) is 14.4. The molecule has 24 heavy (non-hydrogen) atoms. The average molecular weight is 331 g/mol. The summed E-state index contributed by atoms with van der Waals surface area (Å²) in [6.45, 7) is 0.713. The first-order chi connectivity index (χ1) is 11.7. The van der Waals surface area contributed by atoms with Gasteiger partial charge in [-0.05, 0) is 50.0 Å². The van der Waals surface area contributed by atoms with Crippen molar-refractivity contribution >= 4 is 11.9 Å². The highest BCUT2D eigenvalue weighted by Gasteiger charge is 2.26. The molecule has 1 saturated carbocycles. The van der Waals surface area contributed by atoms with Gasteiger partial charge in [-0.1, -0.05) is 43.2 Å². The molecule has 1 fully saturated rings. The number of carbonyl (C=O) groups excluding carboxylic acids is 1. The molecule has 0 atom stereocenters. The Morgan fingerprint density at radius 2 is 1.62 bits per heavy atom. The Labute approximate surface area is 144 Å². The summed E-state index contributed by atoms with van der Waals surface area (Å²) in [5, 5.41) is 11.6. The average Bonchev–Trinajstić information content (AvgIpc) is 2.61. The molecule has 0 aromatic heterocycles. The van der Waals surface area contributed by atoms with Crippen molar-refractivity contribution in [1.29, 1.82) is 0 Å². The molecule has 0 saturated heterocycles. The van der Waals surface area contributed by atoms with Crippen LogP contribution in [0.2, 0.25) is 0 Å². The van der Waals surface area contributed by atoms with Gasteiger partial charge in [-0.2, -0.15) is 0 Å². The van der Waals surface area contributed by atoms with Crippen LogP contribution in [0.25, 0.3) is 0 Å². The Kier molecular flexibility index (Phi) is 7.80. The SMILES string of the molecule is O=C(O)CCCCCCNC(=O)C1CCC(c2ccccc2)CC1. The van der Waals surface area contributed by atoms with Crippen molar-refractivity contribution in [3.63, 3.8) is 0 Å². The number of amides is 1. The number of rotatable bonds is 9. The van der Waals surface area contributed by atoms with Gasteiger partial charge in [-0.15, -0.1) is 0 Å². The minimum atomic E-state index is -0.727. The molecule has 0 heterocycles. The number of nitrogens with one attached hydrogen (secondary N) is 1. The van der Waals surface area contributed by atoms with Crippen molar-refractivity contribution in [2.75, 3.05) is 6.54 Å². The van der Waals surface area contributed by atoms with Gasteiger partial charge in [0.2, 0.25) is 5.91 Å². The van der Waals surface area contributed by atoms with Gasteiger partial charge in [0, 0.05) is 18.9 Å². The third kappa shape index (κ3) is 6.34. The second-order valence-electron chi connectivity index (χ2n) is 6.81. The van der Waals surface area contributed by atoms with Gasteiger partial charge in [0.05, 0.1) is 0 Å². The summed E-state index contributed by atoms with van der Waals surface area (Å²) in [6, 6.07) is 10.6. The molecular formula is C20H29NO3. The fraction of sp³-hybridized carbons (Fsp3) is 0.600. The molecule has 0 bridgehead atoms. The molecule has 4 heteroatoms. The molecule has 4 nitrogen and oxygen atoms in total. The van der Waals surface area contributed by atoms with Gasteiger partial charge in [0.1, 0.15) is 0 Å². The van der Waals surface area contributed by atoms with Crippen molar-refractivity contribution in [1.82, 2.24) is 5.32 Å². The Hall–Kier alpha value is -1.84. The number of hydrogen-bond donors (Lipinski definition) is 2. The Morgan fingerprint density at radius 1 is 0.958 bits per heavy atom. The molecule has 1 aliphatic carbocycles. The van der Waals surface area contributed by atoms with E-state index in [0.717, 1.165) is 51.4 Å². The second kappa shape index (κ2) is 10.1. The van der Waals surface area contributed by atoms with E-state index in [0.29, 0.717) is 12.5 Å². The van der Waals surface area contributed by atoms with Crippen LogP contribution in [0.1, 0.15) is 69.3 Å². The third-order valence-electron chi connectivity index (χ3n) is 4.99. The molecule has 1 aliphatic rings. The monoisotopic (exact) mass is 331 g/mol. The summed E-state index contributed by atoms with van der Waals surface area (Å²) >= 11 is 0. The molecule has 2 N–H and O–H groups in total.